The Labute approximate surface area is 375 Å². The van der Waals surface area contributed by atoms with Gasteiger partial charge in [0, 0.05) is 32.3 Å². The minimum Gasteiger partial charge on any atom is -0.454 e. The molecule has 3 heterocycles. The largest absolute Gasteiger partial charge is 0.454 e. The Bertz CT molecular complexity index is 3890. The quantitative estimate of drug-likeness (QED) is 0.168. The van der Waals surface area contributed by atoms with E-state index in [1.165, 1.54) is 11.1 Å². The van der Waals surface area contributed by atoms with Crippen molar-refractivity contribution in [3.63, 3.8) is 0 Å². The van der Waals surface area contributed by atoms with Gasteiger partial charge in [0.2, 0.25) is 0 Å². The van der Waals surface area contributed by atoms with Crippen LogP contribution in [0.2, 0.25) is 0 Å². The summed E-state index contributed by atoms with van der Waals surface area (Å²) in [6.07, 6.45) is 8.92. The Morgan fingerprint density at radius 2 is 0.892 bits per heavy atom. The van der Waals surface area contributed by atoms with Crippen LogP contribution in [0, 0.1) is 11.3 Å². The van der Waals surface area contributed by atoms with Gasteiger partial charge in [-0.25, -0.2) is 0 Å². The van der Waals surface area contributed by atoms with Crippen LogP contribution in [0.5, 0.6) is 0 Å². The molecule has 0 saturated heterocycles. The number of hydrogen-bond acceptors (Lipinski definition) is 2. The SMILES string of the molecule is N#Cc1c(-n2c3ccc(-c4ccccc4)cc3c3cc(-c4ccccc4)ccc32)cc2c(oc3ccccc32)c1-n1c2ccc(C3=CCCC=C3)cc2c2cc(-c3ccccc3)ccc21. The van der Waals surface area contributed by atoms with Crippen LogP contribution in [0.4, 0.5) is 0 Å². The van der Waals surface area contributed by atoms with Crippen molar-refractivity contribution in [2.24, 2.45) is 0 Å². The Balaban J connectivity index is 1.15. The van der Waals surface area contributed by atoms with E-state index in [0.29, 0.717) is 11.1 Å². The minimum atomic E-state index is 0.530. The molecule has 0 unspecified atom stereocenters. The number of para-hydroxylation sites is 1. The first-order valence-corrected chi connectivity index (χ1v) is 22.3. The first-order valence-electron chi connectivity index (χ1n) is 22.3. The van der Waals surface area contributed by atoms with E-state index in [2.05, 4.69) is 215 Å². The van der Waals surface area contributed by atoms with Gasteiger partial charge < -0.3 is 13.6 Å². The molecule has 4 nitrogen and oxygen atoms in total. The minimum absolute atomic E-state index is 0.530. The molecule has 0 saturated carbocycles. The number of aromatic nitrogens is 2. The zero-order valence-corrected chi connectivity index (χ0v) is 35.4. The van der Waals surface area contributed by atoms with E-state index in [1.807, 2.05) is 12.1 Å². The average Bonchev–Trinajstić information content (AvgIpc) is 4.03. The Kier molecular flexibility index (Phi) is 8.38. The van der Waals surface area contributed by atoms with Crippen molar-refractivity contribution in [3.8, 4) is 50.8 Å². The smallest absolute Gasteiger partial charge is 0.160 e. The summed E-state index contributed by atoms with van der Waals surface area (Å²) in [7, 11) is 0. The number of nitriles is 1. The zero-order chi connectivity index (χ0) is 43.0. The molecule has 1 aliphatic carbocycles. The Hall–Kier alpha value is -8.65. The molecule has 0 radical (unpaired) electrons. The van der Waals surface area contributed by atoms with Crippen LogP contribution in [0.25, 0.3) is 116 Å². The van der Waals surface area contributed by atoms with Gasteiger partial charge >= 0.3 is 0 Å². The summed E-state index contributed by atoms with van der Waals surface area (Å²) in [5.41, 5.74) is 16.8. The summed E-state index contributed by atoms with van der Waals surface area (Å²) in [6.45, 7) is 0. The molecule has 0 spiro atoms. The maximum Gasteiger partial charge on any atom is 0.160 e. The molecular formula is C61H39N3O. The molecule has 13 rings (SSSR count). The second-order valence-electron chi connectivity index (χ2n) is 17.0. The standard InChI is InChI=1S/C61H39N3O/c62-38-53-58(63-54-29-25-43(39-15-5-1-6-16-39)33-48(54)49-34-44(26-30-55(49)63)40-17-7-2-8-18-40)37-52-47-23-13-14-24-59(47)65-61(52)60(53)64-56-31-27-45(41-19-9-3-10-20-41)35-50(56)51-36-46(28-32-57(51)64)42-21-11-4-12-22-42/h1-3,5-11,13-37H,4,12H2. The molecular weight excluding hydrogens is 791 g/mol. The van der Waals surface area contributed by atoms with Gasteiger partial charge in [-0.2, -0.15) is 5.26 Å². The van der Waals surface area contributed by atoms with Gasteiger partial charge in [0.05, 0.1) is 27.8 Å². The van der Waals surface area contributed by atoms with E-state index in [1.54, 1.807) is 0 Å². The Morgan fingerprint density at radius 3 is 1.40 bits per heavy atom. The van der Waals surface area contributed by atoms with Gasteiger partial charge in [0.25, 0.3) is 0 Å². The fourth-order valence-electron chi connectivity index (χ4n) is 10.3. The molecule has 304 valence electrons. The summed E-state index contributed by atoms with van der Waals surface area (Å²) in [6, 6.07) is 71.9. The van der Waals surface area contributed by atoms with Crippen LogP contribution in [-0.2, 0) is 0 Å². The fraction of sp³-hybridized carbons (Fsp3) is 0.0328. The van der Waals surface area contributed by atoms with Crippen molar-refractivity contribution >= 4 is 71.1 Å². The molecule has 65 heavy (non-hydrogen) atoms. The number of nitrogens with zero attached hydrogens (tertiary/aromatic N) is 3. The second-order valence-corrected chi connectivity index (χ2v) is 17.0. The third-order valence-electron chi connectivity index (χ3n) is 13.4. The summed E-state index contributed by atoms with van der Waals surface area (Å²) < 4.78 is 11.5. The van der Waals surface area contributed by atoms with E-state index >= 15 is 0 Å². The molecule has 1 aliphatic rings. The summed E-state index contributed by atoms with van der Waals surface area (Å²) >= 11 is 0. The van der Waals surface area contributed by atoms with Crippen molar-refractivity contribution in [2.75, 3.05) is 0 Å². The van der Waals surface area contributed by atoms with E-state index in [9.17, 15) is 5.26 Å². The lowest BCUT2D eigenvalue weighted by Crippen LogP contribution is -2.05. The van der Waals surface area contributed by atoms with Crippen molar-refractivity contribution in [2.45, 2.75) is 12.8 Å². The van der Waals surface area contributed by atoms with Gasteiger partial charge in [-0.1, -0.05) is 152 Å². The number of hydrogen-bond donors (Lipinski definition) is 0. The lowest BCUT2D eigenvalue weighted by Gasteiger charge is -2.17. The van der Waals surface area contributed by atoms with Crippen LogP contribution in [-0.4, -0.2) is 9.13 Å². The number of fused-ring (bicyclic) bond motifs is 9. The normalized spacial score (nSPS) is 12.8. The third-order valence-corrected chi connectivity index (χ3v) is 13.4. The van der Waals surface area contributed by atoms with Gasteiger partial charge in [-0.05, 0) is 118 Å². The summed E-state index contributed by atoms with van der Waals surface area (Å²) in [5, 5.41) is 18.2. The van der Waals surface area contributed by atoms with Crippen LogP contribution >= 0.6 is 0 Å². The molecule has 0 bridgehead atoms. The Morgan fingerprint density at radius 1 is 0.415 bits per heavy atom. The van der Waals surface area contributed by atoms with Crippen molar-refractivity contribution in [1.82, 2.24) is 9.13 Å². The molecule has 0 amide bonds. The highest BCUT2D eigenvalue weighted by Gasteiger charge is 2.27. The van der Waals surface area contributed by atoms with Crippen LogP contribution in [0.3, 0.4) is 0 Å². The van der Waals surface area contributed by atoms with Crippen molar-refractivity contribution < 1.29 is 4.42 Å². The maximum atomic E-state index is 11.8. The highest BCUT2D eigenvalue weighted by atomic mass is 16.3. The molecule has 3 aromatic heterocycles. The molecule has 0 N–H and O–H groups in total. The van der Waals surface area contributed by atoms with Gasteiger partial charge in [-0.15, -0.1) is 0 Å². The lowest BCUT2D eigenvalue weighted by molar-refractivity contribution is 0.666. The first kappa shape index (κ1) is 37.0. The molecule has 12 aromatic rings. The number of rotatable bonds is 6. The highest BCUT2D eigenvalue weighted by Crippen LogP contribution is 2.46. The van der Waals surface area contributed by atoms with Gasteiger partial charge in [0.1, 0.15) is 22.9 Å². The van der Waals surface area contributed by atoms with E-state index < -0.39 is 0 Å². The van der Waals surface area contributed by atoms with Gasteiger partial charge in [-0.3, -0.25) is 0 Å². The molecule has 9 aromatic carbocycles. The number of allylic oxidation sites excluding steroid dienone is 4. The first-order chi connectivity index (χ1) is 32.2. The fourth-order valence-corrected chi connectivity index (χ4v) is 10.3. The predicted octanol–water partition coefficient (Wildman–Crippen LogP) is 16.4. The topological polar surface area (TPSA) is 46.8 Å². The summed E-state index contributed by atoms with van der Waals surface area (Å²) in [4.78, 5) is 0. The second kappa shape index (κ2) is 14.7. The van der Waals surface area contributed by atoms with Crippen molar-refractivity contribution in [3.05, 3.63) is 223 Å². The molecule has 0 aliphatic heterocycles. The average molecular weight is 830 g/mol. The predicted molar refractivity (Wildman–Crippen MR) is 270 cm³/mol. The van der Waals surface area contributed by atoms with E-state index in [4.69, 9.17) is 4.42 Å². The number of benzene rings is 9. The number of furan rings is 1. The molecule has 4 heteroatoms. The van der Waals surface area contributed by atoms with Gasteiger partial charge in [0.15, 0.2) is 5.58 Å². The third kappa shape index (κ3) is 5.83. The molecule has 0 atom stereocenters. The van der Waals surface area contributed by atoms with Crippen molar-refractivity contribution in [1.29, 1.82) is 5.26 Å². The summed E-state index contributed by atoms with van der Waals surface area (Å²) in [5.74, 6) is 0. The van der Waals surface area contributed by atoms with Crippen LogP contribution in [0.15, 0.2) is 217 Å². The zero-order valence-electron chi connectivity index (χ0n) is 35.4. The molecule has 0 fully saturated rings. The monoisotopic (exact) mass is 829 g/mol. The van der Waals surface area contributed by atoms with Crippen LogP contribution < -0.4 is 0 Å². The van der Waals surface area contributed by atoms with E-state index in [0.717, 1.165) is 118 Å². The highest BCUT2D eigenvalue weighted by molar-refractivity contribution is 6.17. The van der Waals surface area contributed by atoms with E-state index in [-0.39, 0.29) is 0 Å². The van der Waals surface area contributed by atoms with Crippen LogP contribution in [0.1, 0.15) is 24.0 Å². The maximum absolute atomic E-state index is 11.8. The lowest BCUT2D eigenvalue weighted by atomic mass is 9.97.